The Labute approximate surface area is 410 Å². The van der Waals surface area contributed by atoms with Crippen molar-refractivity contribution in [2.75, 3.05) is 9.80 Å². The molecule has 2 nitrogen and oxygen atoms in total. The van der Waals surface area contributed by atoms with Gasteiger partial charge in [0.15, 0.2) is 0 Å². The van der Waals surface area contributed by atoms with Gasteiger partial charge in [0.2, 0.25) is 0 Å². The normalized spacial score (nSPS) is 15.2. The molecule has 70 heavy (non-hydrogen) atoms. The van der Waals surface area contributed by atoms with Gasteiger partial charge in [0.25, 0.3) is 0 Å². The molecule has 0 fully saturated rings. The van der Waals surface area contributed by atoms with Crippen LogP contribution < -0.4 is 9.80 Å². The van der Waals surface area contributed by atoms with Gasteiger partial charge in [0, 0.05) is 39.4 Å². The highest BCUT2D eigenvalue weighted by atomic mass is 15.2. The van der Waals surface area contributed by atoms with Crippen molar-refractivity contribution in [1.29, 1.82) is 0 Å². The fraction of sp³-hybridized carbons (Fsp3) is 0.0588. The Morgan fingerprint density at radius 1 is 0.286 bits per heavy atom. The van der Waals surface area contributed by atoms with Gasteiger partial charge in [0.05, 0.1) is 11.1 Å². The van der Waals surface area contributed by atoms with Crippen LogP contribution in [0.15, 0.2) is 255 Å². The predicted molar refractivity (Wildman–Crippen MR) is 293 cm³/mol. The number of fused-ring (bicyclic) bond motifs is 14. The second kappa shape index (κ2) is 15.4. The summed E-state index contributed by atoms with van der Waals surface area (Å²) in [5.74, 6) is 0. The standard InChI is InChI=1S/C68H48N2/c1-67(2)59-33-14-11-29-54(59)56-40-38-50(43-63(56)67)69(47-23-5-3-6-24-47)51-39-41-57-55-30-12-15-34-60(55)68(64(57)44-51)61-35-16-13-31-58(61)66-62(68)36-19-37-65(66)70(48-25-7-4-8-26-48)49-27-17-22-46(42-49)53-32-18-21-45-20-9-10-28-52(45)53/h3-44H,1-2H3. The molecule has 0 amide bonds. The Morgan fingerprint density at radius 3 is 1.50 bits per heavy atom. The third-order valence-corrected chi connectivity index (χ3v) is 15.6. The van der Waals surface area contributed by atoms with Crippen LogP contribution in [0.4, 0.5) is 34.1 Å². The summed E-state index contributed by atoms with van der Waals surface area (Å²) >= 11 is 0. The van der Waals surface area contributed by atoms with Crippen molar-refractivity contribution < 1.29 is 0 Å². The minimum absolute atomic E-state index is 0.131. The molecule has 0 aliphatic heterocycles. The van der Waals surface area contributed by atoms with Gasteiger partial charge >= 0.3 is 0 Å². The summed E-state index contributed by atoms with van der Waals surface area (Å²) in [4.78, 5) is 4.95. The van der Waals surface area contributed by atoms with E-state index in [1.54, 1.807) is 0 Å². The molecule has 1 unspecified atom stereocenters. The molecule has 11 aromatic carbocycles. The van der Waals surface area contributed by atoms with Crippen molar-refractivity contribution in [3.63, 3.8) is 0 Å². The van der Waals surface area contributed by atoms with Crippen LogP contribution in [0.1, 0.15) is 47.2 Å². The number of rotatable bonds is 7. The molecule has 1 spiro atoms. The Kier molecular flexibility index (Phi) is 8.88. The first kappa shape index (κ1) is 40.4. The molecule has 0 aromatic heterocycles. The number of para-hydroxylation sites is 2. The molecule has 14 rings (SSSR count). The maximum atomic E-state index is 2.51. The smallest absolute Gasteiger partial charge is 0.0727 e. The monoisotopic (exact) mass is 892 g/mol. The van der Waals surface area contributed by atoms with E-state index in [1.807, 2.05) is 0 Å². The second-order valence-electron chi connectivity index (χ2n) is 19.6. The molecule has 3 aliphatic rings. The van der Waals surface area contributed by atoms with E-state index in [1.165, 1.54) is 88.7 Å². The number of hydrogen-bond donors (Lipinski definition) is 0. The highest BCUT2D eigenvalue weighted by Gasteiger charge is 2.53. The number of anilines is 6. The van der Waals surface area contributed by atoms with Crippen LogP contribution in [-0.4, -0.2) is 0 Å². The summed E-state index contributed by atoms with van der Waals surface area (Å²) < 4.78 is 0. The van der Waals surface area contributed by atoms with E-state index < -0.39 is 5.41 Å². The number of nitrogens with zero attached hydrogens (tertiary/aromatic N) is 2. The van der Waals surface area contributed by atoms with Gasteiger partial charge in [-0.25, -0.2) is 0 Å². The van der Waals surface area contributed by atoms with E-state index >= 15 is 0 Å². The van der Waals surface area contributed by atoms with Crippen molar-refractivity contribution >= 4 is 44.9 Å². The largest absolute Gasteiger partial charge is 0.310 e. The first-order chi connectivity index (χ1) is 34.5. The quantitative estimate of drug-likeness (QED) is 0.157. The second-order valence-corrected chi connectivity index (χ2v) is 19.6. The minimum Gasteiger partial charge on any atom is -0.310 e. The molecule has 1 atom stereocenters. The zero-order chi connectivity index (χ0) is 46.6. The maximum Gasteiger partial charge on any atom is 0.0727 e. The Bertz CT molecular complexity index is 3880. The Balaban J connectivity index is 0.991. The molecule has 0 bridgehead atoms. The SMILES string of the molecule is CC1(C)c2ccccc2-c2ccc(N(c3ccccc3)c3ccc4c(c3)C3(c5ccccc5-4)c4ccccc4-c4c(N(c5ccccc5)c5cccc(-c6cccc7ccccc67)c5)cccc43)cc21. The summed E-state index contributed by atoms with van der Waals surface area (Å²) in [5, 5.41) is 2.49. The average Bonchev–Trinajstić information content (AvgIpc) is 3.98. The van der Waals surface area contributed by atoms with Crippen molar-refractivity contribution in [3.05, 3.63) is 288 Å². The van der Waals surface area contributed by atoms with Gasteiger partial charge in [-0.15, -0.1) is 0 Å². The van der Waals surface area contributed by atoms with Crippen LogP contribution in [0, 0.1) is 0 Å². The van der Waals surface area contributed by atoms with E-state index in [9.17, 15) is 0 Å². The highest BCUT2D eigenvalue weighted by Crippen LogP contribution is 2.65. The molecular weight excluding hydrogens is 845 g/mol. The molecule has 0 saturated carbocycles. The fourth-order valence-corrected chi connectivity index (χ4v) is 12.6. The Morgan fingerprint density at radius 2 is 0.757 bits per heavy atom. The molecule has 0 N–H and O–H groups in total. The third-order valence-electron chi connectivity index (χ3n) is 15.6. The minimum atomic E-state index is -0.582. The van der Waals surface area contributed by atoms with E-state index in [0.29, 0.717) is 0 Å². The molecular formula is C68H48N2. The molecule has 3 aliphatic carbocycles. The van der Waals surface area contributed by atoms with E-state index in [2.05, 4.69) is 278 Å². The lowest BCUT2D eigenvalue weighted by atomic mass is 9.70. The van der Waals surface area contributed by atoms with Crippen molar-refractivity contribution in [2.24, 2.45) is 0 Å². The lowest BCUT2D eigenvalue weighted by Crippen LogP contribution is -2.26. The van der Waals surface area contributed by atoms with E-state index in [0.717, 1.165) is 34.1 Å². The molecule has 2 heteroatoms. The van der Waals surface area contributed by atoms with E-state index in [-0.39, 0.29) is 5.41 Å². The number of hydrogen-bond acceptors (Lipinski definition) is 2. The van der Waals surface area contributed by atoms with Crippen LogP contribution >= 0.6 is 0 Å². The zero-order valence-corrected chi connectivity index (χ0v) is 39.1. The first-order valence-corrected chi connectivity index (χ1v) is 24.5. The number of benzene rings is 11. The summed E-state index contributed by atoms with van der Waals surface area (Å²) in [6.07, 6.45) is 0. The molecule has 330 valence electrons. The molecule has 11 aromatic rings. The van der Waals surface area contributed by atoms with Crippen LogP contribution in [-0.2, 0) is 10.8 Å². The Hall–Kier alpha value is -8.72. The first-order valence-electron chi connectivity index (χ1n) is 24.5. The third kappa shape index (κ3) is 5.74. The zero-order valence-electron chi connectivity index (χ0n) is 39.1. The van der Waals surface area contributed by atoms with Crippen molar-refractivity contribution in [1.82, 2.24) is 0 Å². The lowest BCUT2D eigenvalue weighted by Gasteiger charge is -2.33. The highest BCUT2D eigenvalue weighted by molar-refractivity contribution is 6.03. The van der Waals surface area contributed by atoms with Crippen molar-refractivity contribution in [2.45, 2.75) is 24.7 Å². The summed E-state index contributed by atoms with van der Waals surface area (Å²) in [5.41, 5.74) is 24.1. The van der Waals surface area contributed by atoms with Gasteiger partial charge in [-0.3, -0.25) is 0 Å². The predicted octanol–water partition coefficient (Wildman–Crippen LogP) is 18.1. The van der Waals surface area contributed by atoms with E-state index in [4.69, 9.17) is 0 Å². The molecule has 0 radical (unpaired) electrons. The molecule has 0 heterocycles. The lowest BCUT2D eigenvalue weighted by molar-refractivity contribution is 0.660. The van der Waals surface area contributed by atoms with Crippen LogP contribution in [0.2, 0.25) is 0 Å². The fourth-order valence-electron chi connectivity index (χ4n) is 12.6. The summed E-state index contributed by atoms with van der Waals surface area (Å²) in [6.45, 7) is 4.74. The summed E-state index contributed by atoms with van der Waals surface area (Å²) in [7, 11) is 0. The van der Waals surface area contributed by atoms with Gasteiger partial charge < -0.3 is 9.80 Å². The average molecular weight is 893 g/mol. The van der Waals surface area contributed by atoms with Crippen molar-refractivity contribution in [3.8, 4) is 44.5 Å². The topological polar surface area (TPSA) is 6.48 Å². The van der Waals surface area contributed by atoms with Gasteiger partial charge in [0.1, 0.15) is 0 Å². The van der Waals surface area contributed by atoms with Crippen LogP contribution in [0.5, 0.6) is 0 Å². The molecule has 0 saturated heterocycles. The van der Waals surface area contributed by atoms with Crippen LogP contribution in [0.3, 0.4) is 0 Å². The summed E-state index contributed by atoms with van der Waals surface area (Å²) in [6, 6.07) is 94.9. The van der Waals surface area contributed by atoms with Gasteiger partial charge in [-0.1, -0.05) is 202 Å². The maximum absolute atomic E-state index is 2.51. The van der Waals surface area contributed by atoms with Crippen LogP contribution in [0.25, 0.3) is 55.3 Å². The van der Waals surface area contributed by atoms with Gasteiger partial charge in [-0.2, -0.15) is 0 Å². The van der Waals surface area contributed by atoms with Gasteiger partial charge in [-0.05, 0) is 150 Å².